The lowest BCUT2D eigenvalue weighted by Crippen LogP contribution is -2.26. The van der Waals surface area contributed by atoms with Gasteiger partial charge in [0.05, 0.1) is 17.1 Å². The number of aromatic hydroxyl groups is 1. The van der Waals surface area contributed by atoms with E-state index in [0.717, 1.165) is 10.4 Å². The Bertz CT molecular complexity index is 1370. The monoisotopic (exact) mass is 448 g/mol. The molecule has 2 aromatic carbocycles. The summed E-state index contributed by atoms with van der Waals surface area (Å²) in [5, 5.41) is 26.1. The molecule has 0 spiro atoms. The lowest BCUT2D eigenvalue weighted by molar-refractivity contribution is -0.117. The average Bonchev–Trinajstić information content (AvgIpc) is 3.34. The number of anilines is 1. The molecule has 2 aromatic heterocycles. The number of carbonyl (C=O) groups excluding carboxylic acids is 1. The molecule has 0 aliphatic heterocycles. The van der Waals surface area contributed by atoms with E-state index >= 15 is 0 Å². The van der Waals surface area contributed by atoms with Crippen LogP contribution in [0, 0.1) is 13.8 Å². The Morgan fingerprint density at radius 3 is 2.52 bits per heavy atom. The van der Waals surface area contributed by atoms with Crippen LogP contribution in [0.25, 0.3) is 17.3 Å². The van der Waals surface area contributed by atoms with Crippen LogP contribution in [0.1, 0.15) is 36.6 Å². The second-order valence-corrected chi connectivity index (χ2v) is 7.99. The number of nitrogens with zero attached hydrogens (tertiary/aromatic N) is 5. The van der Waals surface area contributed by atoms with Gasteiger partial charge in [-0.15, -0.1) is 10.2 Å². The summed E-state index contributed by atoms with van der Waals surface area (Å²) in [4.78, 5) is 26.4. The van der Waals surface area contributed by atoms with Crippen molar-refractivity contribution in [3.05, 3.63) is 69.8 Å². The molecule has 2 heterocycles. The second-order valence-electron chi connectivity index (χ2n) is 7.99. The third-order valence-corrected chi connectivity index (χ3v) is 5.18. The van der Waals surface area contributed by atoms with Crippen LogP contribution in [0.15, 0.2) is 51.7 Å². The van der Waals surface area contributed by atoms with E-state index in [4.69, 9.17) is 4.42 Å². The van der Waals surface area contributed by atoms with Gasteiger partial charge in [-0.3, -0.25) is 4.79 Å². The molecule has 10 heteroatoms. The summed E-state index contributed by atoms with van der Waals surface area (Å²) in [7, 11) is 0. The van der Waals surface area contributed by atoms with Crippen molar-refractivity contribution in [1.29, 1.82) is 0 Å². The largest absolute Gasteiger partial charge is 0.505 e. The van der Waals surface area contributed by atoms with Crippen LogP contribution in [0.4, 0.5) is 5.69 Å². The van der Waals surface area contributed by atoms with Crippen molar-refractivity contribution in [3.63, 3.8) is 0 Å². The van der Waals surface area contributed by atoms with E-state index in [2.05, 4.69) is 20.6 Å². The number of benzene rings is 2. The molecule has 10 nitrogen and oxygen atoms in total. The number of amides is 1. The van der Waals surface area contributed by atoms with Crippen LogP contribution < -0.4 is 11.1 Å². The molecule has 0 saturated heterocycles. The zero-order valence-electron chi connectivity index (χ0n) is 18.7. The molecule has 0 bridgehead atoms. The quantitative estimate of drug-likeness (QED) is 0.434. The van der Waals surface area contributed by atoms with Gasteiger partial charge in [0.2, 0.25) is 5.91 Å². The average molecular weight is 448 g/mol. The first-order chi connectivity index (χ1) is 15.7. The van der Waals surface area contributed by atoms with Gasteiger partial charge in [-0.2, -0.15) is 14.6 Å². The van der Waals surface area contributed by atoms with E-state index in [0.29, 0.717) is 28.2 Å². The Labute approximate surface area is 189 Å². The van der Waals surface area contributed by atoms with Crippen LogP contribution in [0.2, 0.25) is 0 Å². The van der Waals surface area contributed by atoms with E-state index in [9.17, 15) is 14.7 Å². The SMILES string of the molecule is Cc1ccc(C(C)C)c(O)c1NC(=O)Cn1nc(-c2nn(-c3ccccc3)nc2C)oc1=O. The lowest BCUT2D eigenvalue weighted by atomic mass is 9.99. The first kappa shape index (κ1) is 22.0. The van der Waals surface area contributed by atoms with E-state index in [-0.39, 0.29) is 24.1 Å². The maximum absolute atomic E-state index is 12.6. The smallest absolute Gasteiger partial charge is 0.437 e. The third-order valence-electron chi connectivity index (χ3n) is 5.18. The van der Waals surface area contributed by atoms with Crippen molar-refractivity contribution in [3.8, 4) is 23.0 Å². The third kappa shape index (κ3) is 4.40. The fraction of sp³-hybridized carbons (Fsp3) is 0.261. The van der Waals surface area contributed by atoms with Crippen LogP contribution in [0.3, 0.4) is 0 Å². The molecule has 4 aromatic rings. The van der Waals surface area contributed by atoms with Crippen molar-refractivity contribution < 1.29 is 14.3 Å². The van der Waals surface area contributed by atoms with Gasteiger partial charge in [-0.05, 0) is 43.0 Å². The molecule has 0 aliphatic rings. The number of rotatable bonds is 6. The zero-order chi connectivity index (χ0) is 23.7. The topological polar surface area (TPSA) is 128 Å². The van der Waals surface area contributed by atoms with Crippen LogP contribution in [-0.4, -0.2) is 35.8 Å². The summed E-state index contributed by atoms with van der Waals surface area (Å²) < 4.78 is 6.14. The first-order valence-electron chi connectivity index (χ1n) is 10.4. The van der Waals surface area contributed by atoms with Gasteiger partial charge in [-0.1, -0.05) is 44.2 Å². The molecule has 33 heavy (non-hydrogen) atoms. The van der Waals surface area contributed by atoms with Crippen molar-refractivity contribution in [2.75, 3.05) is 5.32 Å². The first-order valence-corrected chi connectivity index (χ1v) is 10.4. The van der Waals surface area contributed by atoms with Gasteiger partial charge in [0, 0.05) is 0 Å². The Balaban J connectivity index is 1.56. The Morgan fingerprint density at radius 2 is 1.82 bits per heavy atom. The number of phenolic OH excluding ortho intramolecular Hbond substituents is 1. The molecule has 2 N–H and O–H groups in total. The molecule has 170 valence electrons. The predicted molar refractivity (Wildman–Crippen MR) is 121 cm³/mol. The van der Waals surface area contributed by atoms with E-state index in [1.54, 1.807) is 13.8 Å². The normalized spacial score (nSPS) is 11.2. The van der Waals surface area contributed by atoms with Crippen molar-refractivity contribution >= 4 is 11.6 Å². The Morgan fingerprint density at radius 1 is 1.09 bits per heavy atom. The highest BCUT2D eigenvalue weighted by Gasteiger charge is 2.21. The zero-order valence-corrected chi connectivity index (χ0v) is 18.7. The molecule has 0 fully saturated rings. The van der Waals surface area contributed by atoms with Crippen molar-refractivity contribution in [2.45, 2.75) is 40.2 Å². The van der Waals surface area contributed by atoms with E-state index in [1.807, 2.05) is 56.3 Å². The van der Waals surface area contributed by atoms with E-state index < -0.39 is 11.7 Å². The van der Waals surface area contributed by atoms with Gasteiger partial charge in [-0.25, -0.2) is 4.79 Å². The van der Waals surface area contributed by atoms with E-state index in [1.165, 1.54) is 4.80 Å². The summed E-state index contributed by atoms with van der Waals surface area (Å²) in [6.45, 7) is 7.00. The maximum atomic E-state index is 12.6. The Hall–Kier alpha value is -4.21. The molecule has 0 aliphatic carbocycles. The fourth-order valence-corrected chi connectivity index (χ4v) is 3.40. The molecule has 0 radical (unpaired) electrons. The molecule has 1 amide bonds. The molecule has 0 atom stereocenters. The number of para-hydroxylation sites is 1. The molecule has 0 saturated carbocycles. The molecular weight excluding hydrogens is 424 g/mol. The number of hydrogen-bond acceptors (Lipinski definition) is 7. The highest BCUT2D eigenvalue weighted by molar-refractivity contribution is 5.93. The Kier molecular flexibility index (Phi) is 5.82. The van der Waals surface area contributed by atoms with Gasteiger partial charge in [0.15, 0.2) is 5.69 Å². The minimum atomic E-state index is -0.800. The summed E-state index contributed by atoms with van der Waals surface area (Å²) in [6, 6.07) is 12.9. The maximum Gasteiger partial charge on any atom is 0.437 e. The number of aryl methyl sites for hydroxylation is 2. The highest BCUT2D eigenvalue weighted by Crippen LogP contribution is 2.35. The minimum Gasteiger partial charge on any atom is -0.505 e. The standard InChI is InChI=1S/C23H24N6O4/c1-13(2)17-11-10-14(3)19(21(17)31)24-18(30)12-28-23(32)33-22(27-28)20-15(4)25-29(26-20)16-8-6-5-7-9-16/h5-11,13,31H,12H2,1-4H3,(H,24,30). The number of hydrogen-bond donors (Lipinski definition) is 2. The van der Waals surface area contributed by atoms with Gasteiger partial charge in [0.25, 0.3) is 5.89 Å². The minimum absolute atomic E-state index is 0.0136. The number of phenols is 1. The van der Waals surface area contributed by atoms with Gasteiger partial charge >= 0.3 is 5.76 Å². The summed E-state index contributed by atoms with van der Waals surface area (Å²) >= 11 is 0. The number of nitrogens with one attached hydrogen (secondary N) is 1. The highest BCUT2D eigenvalue weighted by atomic mass is 16.4. The summed E-state index contributed by atoms with van der Waals surface area (Å²) in [5.41, 5.74) is 3.28. The molecule has 4 rings (SSSR count). The number of carbonyl (C=O) groups is 1. The second kappa shape index (κ2) is 8.73. The van der Waals surface area contributed by atoms with Gasteiger partial charge < -0.3 is 14.8 Å². The lowest BCUT2D eigenvalue weighted by Gasteiger charge is -2.15. The van der Waals surface area contributed by atoms with Crippen LogP contribution in [0.5, 0.6) is 5.75 Å². The summed E-state index contributed by atoms with van der Waals surface area (Å²) in [5.74, 6) is -1.27. The number of aromatic nitrogens is 5. The van der Waals surface area contributed by atoms with Gasteiger partial charge in [0.1, 0.15) is 12.3 Å². The predicted octanol–water partition coefficient (Wildman–Crippen LogP) is 3.17. The fourth-order valence-electron chi connectivity index (χ4n) is 3.40. The van der Waals surface area contributed by atoms with Crippen LogP contribution >= 0.6 is 0 Å². The van der Waals surface area contributed by atoms with Crippen molar-refractivity contribution in [1.82, 2.24) is 24.8 Å². The van der Waals surface area contributed by atoms with Crippen molar-refractivity contribution in [2.24, 2.45) is 0 Å². The molecule has 0 unspecified atom stereocenters. The van der Waals surface area contributed by atoms with Crippen LogP contribution in [-0.2, 0) is 11.3 Å². The summed E-state index contributed by atoms with van der Waals surface area (Å²) in [6.07, 6.45) is 0. The molecular formula is C23H24N6O4.